The quantitative estimate of drug-likeness (QED) is 0.331. The molecule has 4 aromatic rings. The maximum absolute atomic E-state index is 12.7. The number of nitro groups is 1. The number of carbonyl (C=O) groups excluding carboxylic acids is 1. The summed E-state index contributed by atoms with van der Waals surface area (Å²) >= 11 is 0. The van der Waals surface area contributed by atoms with Crippen molar-refractivity contribution >= 4 is 17.3 Å². The number of nitrogens with zero attached hydrogens (tertiary/aromatic N) is 5. The van der Waals surface area contributed by atoms with Crippen LogP contribution in [0.25, 0.3) is 0 Å². The fourth-order valence-electron chi connectivity index (χ4n) is 3.34. The lowest BCUT2D eigenvalue weighted by Gasteiger charge is -2.13. The summed E-state index contributed by atoms with van der Waals surface area (Å²) in [6.45, 7) is 6.19. The van der Waals surface area contributed by atoms with Gasteiger partial charge in [-0.05, 0) is 55.7 Å². The van der Waals surface area contributed by atoms with E-state index >= 15 is 0 Å². The van der Waals surface area contributed by atoms with E-state index in [4.69, 9.17) is 4.74 Å². The molecule has 1 amide bonds. The second-order valence-corrected chi connectivity index (χ2v) is 7.66. The Bertz CT molecular complexity index is 1330. The first-order valence-corrected chi connectivity index (χ1v) is 10.2. The number of benzene rings is 2. The van der Waals surface area contributed by atoms with Crippen LogP contribution in [0.3, 0.4) is 0 Å². The Balaban J connectivity index is 1.56. The van der Waals surface area contributed by atoms with Crippen LogP contribution < -0.4 is 10.1 Å². The molecule has 2 aromatic carbocycles. The number of aromatic nitrogens is 4. The Hall–Kier alpha value is -4.47. The largest absolute Gasteiger partial charge is 0.457 e. The average Bonchev–Trinajstić information content (AvgIpc) is 3.44. The lowest BCUT2D eigenvalue weighted by atomic mass is 10.1. The minimum absolute atomic E-state index is 0.168. The van der Waals surface area contributed by atoms with Crippen molar-refractivity contribution in [2.24, 2.45) is 0 Å². The van der Waals surface area contributed by atoms with Crippen LogP contribution in [0.1, 0.15) is 27.2 Å². The number of non-ortho nitro benzene ring substituents is 1. The second kappa shape index (κ2) is 8.95. The van der Waals surface area contributed by atoms with Crippen LogP contribution in [0.5, 0.6) is 11.5 Å². The fourth-order valence-corrected chi connectivity index (χ4v) is 3.34. The zero-order valence-electron chi connectivity index (χ0n) is 18.3. The average molecular weight is 446 g/mol. The van der Waals surface area contributed by atoms with Crippen molar-refractivity contribution in [1.82, 2.24) is 19.6 Å². The molecule has 0 fully saturated rings. The van der Waals surface area contributed by atoms with E-state index < -0.39 is 10.8 Å². The van der Waals surface area contributed by atoms with Crippen LogP contribution >= 0.6 is 0 Å². The number of rotatable bonds is 7. The van der Waals surface area contributed by atoms with Crippen molar-refractivity contribution in [2.75, 3.05) is 5.32 Å². The van der Waals surface area contributed by atoms with Gasteiger partial charge in [0.2, 0.25) is 0 Å². The van der Waals surface area contributed by atoms with Gasteiger partial charge in [0.25, 0.3) is 11.6 Å². The zero-order chi connectivity index (χ0) is 23.5. The van der Waals surface area contributed by atoms with Crippen LogP contribution in [0.4, 0.5) is 11.4 Å². The highest BCUT2D eigenvalue weighted by Crippen LogP contribution is 2.33. The summed E-state index contributed by atoms with van der Waals surface area (Å²) in [4.78, 5) is 23.6. The summed E-state index contributed by atoms with van der Waals surface area (Å²) in [5.41, 5.74) is 3.19. The molecule has 0 radical (unpaired) electrons. The Kier molecular flexibility index (Phi) is 5.90. The molecule has 1 N–H and O–H groups in total. The Morgan fingerprint density at radius 3 is 2.67 bits per heavy atom. The molecule has 0 aliphatic heterocycles. The molecule has 0 saturated heterocycles. The number of amides is 1. The van der Waals surface area contributed by atoms with Crippen LogP contribution in [0.15, 0.2) is 61.1 Å². The van der Waals surface area contributed by atoms with E-state index in [0.717, 1.165) is 16.7 Å². The van der Waals surface area contributed by atoms with Gasteiger partial charge in [0, 0.05) is 30.7 Å². The van der Waals surface area contributed by atoms with E-state index in [1.54, 1.807) is 46.2 Å². The fraction of sp³-hybridized carbons (Fsp3) is 0.174. The van der Waals surface area contributed by atoms with E-state index in [1.165, 1.54) is 12.1 Å². The SMILES string of the molecule is Cc1cc(C)c(C)c(Oc2cc(NC(=O)c3ccn(Cn4cccn4)n3)cc([N+](=O)[O-])c2)c1. The first-order valence-electron chi connectivity index (χ1n) is 10.2. The van der Waals surface area contributed by atoms with Gasteiger partial charge in [-0.1, -0.05) is 6.07 Å². The van der Waals surface area contributed by atoms with Crippen LogP contribution in [0.2, 0.25) is 0 Å². The number of carbonyl (C=O) groups is 1. The minimum atomic E-state index is -0.532. The molecule has 0 bridgehead atoms. The number of aryl methyl sites for hydroxylation is 2. The van der Waals surface area contributed by atoms with Crippen molar-refractivity contribution in [1.29, 1.82) is 0 Å². The summed E-state index contributed by atoms with van der Waals surface area (Å²) in [6, 6.07) is 11.4. The molecular formula is C23H22N6O4. The van der Waals surface area contributed by atoms with Crippen molar-refractivity contribution in [2.45, 2.75) is 27.4 Å². The molecule has 2 aromatic heterocycles. The summed E-state index contributed by atoms with van der Waals surface area (Å²) in [6.07, 6.45) is 5.09. The van der Waals surface area contributed by atoms with E-state index in [1.807, 2.05) is 32.9 Å². The summed E-state index contributed by atoms with van der Waals surface area (Å²) in [7, 11) is 0. The number of hydrogen-bond acceptors (Lipinski definition) is 6. The molecule has 4 rings (SSSR count). The monoisotopic (exact) mass is 446 g/mol. The molecule has 0 aliphatic carbocycles. The Labute approximate surface area is 189 Å². The maximum Gasteiger partial charge on any atom is 0.276 e. The van der Waals surface area contributed by atoms with Crippen molar-refractivity contribution < 1.29 is 14.5 Å². The summed E-state index contributed by atoms with van der Waals surface area (Å²) in [5, 5.41) is 22.5. The Morgan fingerprint density at radius 2 is 1.94 bits per heavy atom. The van der Waals surface area contributed by atoms with Crippen LogP contribution in [-0.2, 0) is 6.67 Å². The van der Waals surface area contributed by atoms with Crippen LogP contribution in [-0.4, -0.2) is 30.4 Å². The molecule has 2 heterocycles. The number of ether oxygens (including phenoxy) is 1. The standard InChI is InChI=1S/C23H22N6O4/c1-15-9-16(2)17(3)22(10-15)33-20-12-18(11-19(13-20)29(31)32)25-23(30)21-5-8-28(26-21)14-27-7-4-6-24-27/h4-13H,14H2,1-3H3,(H,25,30). The van der Waals surface area contributed by atoms with E-state index in [0.29, 0.717) is 12.4 Å². The van der Waals surface area contributed by atoms with Crippen molar-refractivity contribution in [3.05, 3.63) is 93.6 Å². The zero-order valence-corrected chi connectivity index (χ0v) is 18.3. The molecule has 10 nitrogen and oxygen atoms in total. The third kappa shape index (κ3) is 5.06. The third-order valence-electron chi connectivity index (χ3n) is 5.07. The molecule has 0 atom stereocenters. The predicted octanol–water partition coefficient (Wildman–Crippen LogP) is 4.46. The number of anilines is 1. The predicted molar refractivity (Wildman–Crippen MR) is 122 cm³/mol. The van der Waals surface area contributed by atoms with Gasteiger partial charge in [-0.2, -0.15) is 10.2 Å². The molecule has 33 heavy (non-hydrogen) atoms. The van der Waals surface area contributed by atoms with Gasteiger partial charge in [-0.25, -0.2) is 0 Å². The van der Waals surface area contributed by atoms with Gasteiger partial charge in [0.15, 0.2) is 5.69 Å². The molecule has 0 aliphatic rings. The van der Waals surface area contributed by atoms with E-state index in [9.17, 15) is 14.9 Å². The maximum atomic E-state index is 12.7. The highest BCUT2D eigenvalue weighted by Gasteiger charge is 2.16. The van der Waals surface area contributed by atoms with Crippen molar-refractivity contribution in [3.63, 3.8) is 0 Å². The highest BCUT2D eigenvalue weighted by atomic mass is 16.6. The van der Waals surface area contributed by atoms with Gasteiger partial charge in [0.05, 0.1) is 16.7 Å². The van der Waals surface area contributed by atoms with Gasteiger partial charge in [-0.15, -0.1) is 0 Å². The van der Waals surface area contributed by atoms with Gasteiger partial charge >= 0.3 is 0 Å². The molecule has 0 spiro atoms. The first-order chi connectivity index (χ1) is 15.8. The lowest BCUT2D eigenvalue weighted by Crippen LogP contribution is -2.15. The van der Waals surface area contributed by atoms with Gasteiger partial charge in [0.1, 0.15) is 18.2 Å². The second-order valence-electron chi connectivity index (χ2n) is 7.66. The Morgan fingerprint density at radius 1 is 1.12 bits per heavy atom. The molecule has 168 valence electrons. The normalized spacial score (nSPS) is 10.8. The lowest BCUT2D eigenvalue weighted by molar-refractivity contribution is -0.384. The van der Waals surface area contributed by atoms with Gasteiger partial charge in [-0.3, -0.25) is 24.3 Å². The summed E-state index contributed by atoms with van der Waals surface area (Å²) in [5.74, 6) is 0.350. The number of nitrogens with one attached hydrogen (secondary N) is 1. The van der Waals surface area contributed by atoms with Crippen molar-refractivity contribution in [3.8, 4) is 11.5 Å². The molecule has 10 heteroatoms. The molecular weight excluding hydrogens is 424 g/mol. The first kappa shape index (κ1) is 21.8. The molecule has 0 saturated carbocycles. The van der Waals surface area contributed by atoms with E-state index in [-0.39, 0.29) is 22.8 Å². The van der Waals surface area contributed by atoms with Gasteiger partial charge < -0.3 is 10.1 Å². The summed E-state index contributed by atoms with van der Waals surface area (Å²) < 4.78 is 9.19. The molecule has 0 unspecified atom stereocenters. The third-order valence-corrected chi connectivity index (χ3v) is 5.07. The number of nitro benzene ring substituents is 1. The van der Waals surface area contributed by atoms with E-state index in [2.05, 4.69) is 15.5 Å². The minimum Gasteiger partial charge on any atom is -0.457 e. The highest BCUT2D eigenvalue weighted by molar-refractivity contribution is 6.03. The van der Waals surface area contributed by atoms with Crippen LogP contribution in [0, 0.1) is 30.9 Å². The topological polar surface area (TPSA) is 117 Å². The number of hydrogen-bond donors (Lipinski definition) is 1. The smallest absolute Gasteiger partial charge is 0.276 e.